The number of hydrogen-bond acceptors (Lipinski definition) is 5. The zero-order chi connectivity index (χ0) is 23.4. The van der Waals surface area contributed by atoms with Gasteiger partial charge in [-0.05, 0) is 88.3 Å². The SMILES string of the molecule is CCOc1ccc(N2C(=O)Nc3ccc(Br)cc3[C@@]2(O)C(=O)NCCCN2CCCC2)cc1. The number of urea groups is 1. The lowest BCUT2D eigenvalue weighted by Crippen LogP contribution is -2.62. The third-order valence-electron chi connectivity index (χ3n) is 5.98. The van der Waals surface area contributed by atoms with Gasteiger partial charge in [0.05, 0.1) is 12.3 Å². The van der Waals surface area contributed by atoms with Gasteiger partial charge in [0.1, 0.15) is 5.75 Å². The normalized spacial score (nSPS) is 20.3. The monoisotopic (exact) mass is 516 g/mol. The average Bonchev–Trinajstić information content (AvgIpc) is 3.32. The van der Waals surface area contributed by atoms with Crippen LogP contribution in [0.3, 0.4) is 0 Å². The quantitative estimate of drug-likeness (QED) is 0.465. The lowest BCUT2D eigenvalue weighted by Gasteiger charge is -2.42. The highest BCUT2D eigenvalue weighted by molar-refractivity contribution is 9.10. The number of carbonyl (C=O) groups is 2. The number of fused-ring (bicyclic) bond motifs is 1. The van der Waals surface area contributed by atoms with Crippen molar-refractivity contribution in [2.24, 2.45) is 0 Å². The molecule has 2 aromatic carbocycles. The molecular formula is C24H29BrN4O4. The Kier molecular flexibility index (Phi) is 7.21. The Labute approximate surface area is 202 Å². The average molecular weight is 517 g/mol. The first-order valence-corrected chi connectivity index (χ1v) is 12.1. The summed E-state index contributed by atoms with van der Waals surface area (Å²) in [7, 11) is 0. The highest BCUT2D eigenvalue weighted by Crippen LogP contribution is 2.41. The van der Waals surface area contributed by atoms with Crippen molar-refractivity contribution in [2.75, 3.05) is 43.0 Å². The Balaban J connectivity index is 1.62. The molecule has 1 atom stereocenters. The molecule has 0 bridgehead atoms. The lowest BCUT2D eigenvalue weighted by atomic mass is 9.94. The zero-order valence-corrected chi connectivity index (χ0v) is 20.2. The molecule has 3 amide bonds. The van der Waals surface area contributed by atoms with Crippen molar-refractivity contribution in [3.8, 4) is 5.75 Å². The van der Waals surface area contributed by atoms with Crippen molar-refractivity contribution in [3.05, 3.63) is 52.5 Å². The molecule has 2 aliphatic heterocycles. The van der Waals surface area contributed by atoms with Gasteiger partial charge in [0.15, 0.2) is 0 Å². The molecule has 2 heterocycles. The van der Waals surface area contributed by atoms with Crippen LogP contribution in [-0.2, 0) is 10.5 Å². The number of halogens is 1. The van der Waals surface area contributed by atoms with E-state index in [9.17, 15) is 14.7 Å². The van der Waals surface area contributed by atoms with Crippen LogP contribution in [0.1, 0.15) is 31.7 Å². The van der Waals surface area contributed by atoms with E-state index in [2.05, 4.69) is 31.5 Å². The van der Waals surface area contributed by atoms with E-state index in [1.165, 1.54) is 12.8 Å². The molecule has 0 spiro atoms. The first-order valence-electron chi connectivity index (χ1n) is 11.3. The summed E-state index contributed by atoms with van der Waals surface area (Å²) in [5, 5.41) is 17.5. The summed E-state index contributed by atoms with van der Waals surface area (Å²) in [5.41, 5.74) is -1.17. The van der Waals surface area contributed by atoms with Crippen LogP contribution in [0.4, 0.5) is 16.2 Å². The van der Waals surface area contributed by atoms with Gasteiger partial charge in [-0.15, -0.1) is 0 Å². The second-order valence-electron chi connectivity index (χ2n) is 8.21. The topological polar surface area (TPSA) is 94.1 Å². The predicted octanol–water partition coefficient (Wildman–Crippen LogP) is 3.65. The first kappa shape index (κ1) is 23.5. The molecule has 0 radical (unpaired) electrons. The molecule has 8 nitrogen and oxygen atoms in total. The molecule has 1 saturated heterocycles. The Hall–Kier alpha value is -2.62. The fraction of sp³-hybridized carbons (Fsp3) is 0.417. The number of hydrogen-bond donors (Lipinski definition) is 3. The van der Waals surface area contributed by atoms with Crippen molar-refractivity contribution in [1.29, 1.82) is 0 Å². The number of anilines is 2. The Morgan fingerprint density at radius 3 is 2.64 bits per heavy atom. The van der Waals surface area contributed by atoms with Gasteiger partial charge in [-0.2, -0.15) is 0 Å². The van der Waals surface area contributed by atoms with Gasteiger partial charge in [-0.1, -0.05) is 15.9 Å². The summed E-state index contributed by atoms with van der Waals surface area (Å²) < 4.78 is 6.17. The minimum atomic E-state index is -2.22. The molecule has 9 heteroatoms. The van der Waals surface area contributed by atoms with Gasteiger partial charge in [0.2, 0.25) is 0 Å². The smallest absolute Gasteiger partial charge is 0.329 e. The van der Waals surface area contributed by atoms with E-state index in [4.69, 9.17) is 4.74 Å². The Morgan fingerprint density at radius 2 is 1.94 bits per heavy atom. The van der Waals surface area contributed by atoms with Crippen molar-refractivity contribution in [1.82, 2.24) is 10.2 Å². The van der Waals surface area contributed by atoms with Gasteiger partial charge in [0.25, 0.3) is 11.6 Å². The molecule has 4 rings (SSSR count). The number of nitrogens with zero attached hydrogens (tertiary/aromatic N) is 2. The molecule has 2 aliphatic rings. The number of likely N-dealkylation sites (tertiary alicyclic amines) is 1. The molecule has 0 aromatic heterocycles. The molecule has 0 aliphatic carbocycles. The van der Waals surface area contributed by atoms with Gasteiger partial charge in [-0.3, -0.25) is 9.69 Å². The van der Waals surface area contributed by atoms with Crippen LogP contribution in [0.5, 0.6) is 5.75 Å². The number of aliphatic hydroxyl groups is 1. The molecule has 3 N–H and O–H groups in total. The van der Waals surface area contributed by atoms with E-state index >= 15 is 0 Å². The third kappa shape index (κ3) is 4.85. The maximum atomic E-state index is 13.5. The highest BCUT2D eigenvalue weighted by Gasteiger charge is 2.52. The van der Waals surface area contributed by atoms with Crippen LogP contribution < -0.4 is 20.3 Å². The molecular weight excluding hydrogens is 488 g/mol. The number of carbonyl (C=O) groups excluding carboxylic acids is 2. The van der Waals surface area contributed by atoms with Crippen LogP contribution in [0, 0.1) is 0 Å². The molecule has 176 valence electrons. The van der Waals surface area contributed by atoms with Crippen LogP contribution in [0.25, 0.3) is 0 Å². The van der Waals surface area contributed by atoms with Crippen molar-refractivity contribution < 1.29 is 19.4 Å². The molecule has 0 unspecified atom stereocenters. The molecule has 2 aromatic rings. The van der Waals surface area contributed by atoms with Crippen LogP contribution >= 0.6 is 15.9 Å². The molecule has 33 heavy (non-hydrogen) atoms. The number of benzene rings is 2. The lowest BCUT2D eigenvalue weighted by molar-refractivity contribution is -0.140. The minimum Gasteiger partial charge on any atom is -0.494 e. The summed E-state index contributed by atoms with van der Waals surface area (Å²) in [5.74, 6) is -0.0104. The number of amides is 3. The van der Waals surface area contributed by atoms with Gasteiger partial charge in [0, 0.05) is 22.3 Å². The second-order valence-corrected chi connectivity index (χ2v) is 9.13. The Morgan fingerprint density at radius 1 is 1.21 bits per heavy atom. The molecule has 0 saturated carbocycles. The summed E-state index contributed by atoms with van der Waals surface area (Å²) in [4.78, 5) is 30.0. The van der Waals surface area contributed by atoms with E-state index in [-0.39, 0.29) is 0 Å². The van der Waals surface area contributed by atoms with E-state index in [0.29, 0.717) is 40.3 Å². The first-order chi connectivity index (χ1) is 15.9. The fourth-order valence-electron chi connectivity index (χ4n) is 4.37. The second kappa shape index (κ2) is 10.1. The highest BCUT2D eigenvalue weighted by atomic mass is 79.9. The zero-order valence-electron chi connectivity index (χ0n) is 18.6. The van der Waals surface area contributed by atoms with E-state index in [0.717, 1.165) is 31.0 Å². The number of rotatable bonds is 8. The standard InChI is InChI=1S/C24H29BrN4O4/c1-2-33-19-9-7-18(8-10-19)29-23(31)27-21-11-6-17(25)16-20(21)24(29,32)22(30)26-12-5-15-28-13-3-4-14-28/h6-11,16,32H,2-5,12-15H2,1H3,(H,26,30)(H,27,31)/t24-/m1/s1. The summed E-state index contributed by atoms with van der Waals surface area (Å²) in [6.07, 6.45) is 3.19. The summed E-state index contributed by atoms with van der Waals surface area (Å²) >= 11 is 3.41. The van der Waals surface area contributed by atoms with E-state index in [1.54, 1.807) is 42.5 Å². The van der Waals surface area contributed by atoms with Gasteiger partial charge in [-0.25, -0.2) is 4.79 Å². The van der Waals surface area contributed by atoms with Crippen LogP contribution in [0.15, 0.2) is 46.9 Å². The largest absolute Gasteiger partial charge is 0.494 e. The van der Waals surface area contributed by atoms with Gasteiger partial charge < -0.3 is 25.4 Å². The van der Waals surface area contributed by atoms with Crippen LogP contribution in [-0.4, -0.2) is 54.7 Å². The third-order valence-corrected chi connectivity index (χ3v) is 6.48. The predicted molar refractivity (Wildman–Crippen MR) is 130 cm³/mol. The Bertz CT molecular complexity index is 1010. The van der Waals surface area contributed by atoms with E-state index in [1.807, 2.05) is 6.92 Å². The maximum absolute atomic E-state index is 13.5. The fourth-order valence-corrected chi connectivity index (χ4v) is 4.73. The molecule has 1 fully saturated rings. The van der Waals surface area contributed by atoms with Crippen LogP contribution in [0.2, 0.25) is 0 Å². The summed E-state index contributed by atoms with van der Waals surface area (Å²) in [6, 6.07) is 11.2. The van der Waals surface area contributed by atoms with Crippen molar-refractivity contribution in [3.63, 3.8) is 0 Å². The number of ether oxygens (including phenoxy) is 1. The summed E-state index contributed by atoms with van der Waals surface area (Å²) in [6.45, 7) is 5.86. The maximum Gasteiger partial charge on any atom is 0.329 e. The van der Waals surface area contributed by atoms with Crippen molar-refractivity contribution >= 4 is 39.2 Å². The number of nitrogens with one attached hydrogen (secondary N) is 2. The minimum absolute atomic E-state index is 0.294. The van der Waals surface area contributed by atoms with E-state index < -0.39 is 17.7 Å². The van der Waals surface area contributed by atoms with Crippen molar-refractivity contribution in [2.45, 2.75) is 31.9 Å². The van der Waals surface area contributed by atoms with Gasteiger partial charge >= 0.3 is 6.03 Å².